The number of allylic oxidation sites excluding steroid dienone is 4. The number of pyridine rings is 1. The van der Waals surface area contributed by atoms with Crippen LogP contribution in [0.4, 0.5) is 17.1 Å². The molecule has 5 heterocycles. The minimum atomic E-state index is -0.0248. The van der Waals surface area contributed by atoms with Gasteiger partial charge in [-0.05, 0) is 77.2 Å². The van der Waals surface area contributed by atoms with Crippen molar-refractivity contribution in [2.45, 2.75) is 40.0 Å². The minimum absolute atomic E-state index is 0. The molecule has 0 N–H and O–H groups in total. The molecule has 0 atom stereocenters. The summed E-state index contributed by atoms with van der Waals surface area (Å²) in [6, 6.07) is 56.2. The van der Waals surface area contributed by atoms with E-state index in [-0.39, 0.29) is 33.3 Å². The van der Waals surface area contributed by atoms with Crippen molar-refractivity contribution in [2.24, 2.45) is 0 Å². The van der Waals surface area contributed by atoms with Gasteiger partial charge in [0.2, 0.25) is 0 Å². The van der Waals surface area contributed by atoms with Crippen LogP contribution in [0.5, 0.6) is 11.5 Å². The van der Waals surface area contributed by atoms with Crippen LogP contribution < -0.4 is 14.5 Å². The standard InChI is InChI=1S/C56H45BN5O.Pt/c1-38-30-39(2)32-42(31-38)41-24-27-57-28-25-47(40-14-7-6-8-15-40)55(61(57)36-41)60-37-59(51-20-11-12-21-52(51)60)44-16-13-17-45(34-44)63-46-22-23-49-48-18-9-10-19-50(48)62(53(49)35-46)54-33-43(26-29-58-54)56(3,4)5;/h6-33,36-37H,1-5H3;/q-3;. The maximum Gasteiger partial charge on any atom is 0.314 e. The van der Waals surface area contributed by atoms with Crippen LogP contribution in [0, 0.1) is 32.6 Å². The molecule has 0 unspecified atom stereocenters. The van der Waals surface area contributed by atoms with E-state index in [0.717, 1.165) is 61.6 Å². The number of nitrogens with zero attached hydrogens (tertiary/aromatic N) is 5. The van der Waals surface area contributed by atoms with Crippen LogP contribution in [0.1, 0.15) is 48.6 Å². The summed E-state index contributed by atoms with van der Waals surface area (Å²) in [6.45, 7) is 13.2. The van der Waals surface area contributed by atoms with Crippen molar-refractivity contribution in [2.75, 3.05) is 9.80 Å². The first kappa shape index (κ1) is 41.2. The molecule has 0 spiro atoms. The van der Waals surface area contributed by atoms with Crippen molar-refractivity contribution in [3.63, 3.8) is 0 Å². The van der Waals surface area contributed by atoms with Crippen LogP contribution in [-0.2, 0) is 26.5 Å². The third kappa shape index (κ3) is 7.38. The predicted molar refractivity (Wildman–Crippen MR) is 260 cm³/mol. The number of anilines is 3. The van der Waals surface area contributed by atoms with E-state index in [0.29, 0.717) is 11.5 Å². The fraction of sp³-hybridized carbons (Fsp3) is 0.107. The molecule has 3 aliphatic heterocycles. The van der Waals surface area contributed by atoms with Gasteiger partial charge in [0.25, 0.3) is 0 Å². The van der Waals surface area contributed by atoms with E-state index in [2.05, 4.69) is 224 Å². The van der Waals surface area contributed by atoms with Gasteiger partial charge in [0.15, 0.2) is 0 Å². The first-order valence-corrected chi connectivity index (χ1v) is 21.6. The Kier molecular flexibility index (Phi) is 10.6. The molecule has 316 valence electrons. The van der Waals surface area contributed by atoms with E-state index >= 15 is 0 Å². The summed E-state index contributed by atoms with van der Waals surface area (Å²) in [5.41, 5.74) is 13.3. The molecule has 0 radical (unpaired) electrons. The average molecular weight is 1010 g/mol. The number of fused-ring (bicyclic) bond motifs is 5. The van der Waals surface area contributed by atoms with Gasteiger partial charge in [-0.15, -0.1) is 48.1 Å². The van der Waals surface area contributed by atoms with Crippen LogP contribution in [0.3, 0.4) is 0 Å². The molecule has 0 saturated carbocycles. The zero-order chi connectivity index (χ0) is 42.8. The molecule has 0 aliphatic carbocycles. The molecule has 8 aromatic rings. The fourth-order valence-corrected chi connectivity index (χ4v) is 9.16. The molecule has 3 aliphatic rings. The molecule has 6 nitrogen and oxygen atoms in total. The second-order valence-electron chi connectivity index (χ2n) is 17.6. The van der Waals surface area contributed by atoms with Crippen LogP contribution in [-0.4, -0.2) is 21.2 Å². The van der Waals surface area contributed by atoms with Crippen molar-refractivity contribution >= 4 is 56.9 Å². The maximum absolute atomic E-state index is 6.66. The molecule has 0 amide bonds. The second-order valence-corrected chi connectivity index (χ2v) is 17.6. The van der Waals surface area contributed by atoms with Crippen LogP contribution >= 0.6 is 0 Å². The SMILES string of the molecule is Cc1cc(C)cc(C2=CN3B(C=C2)C=CC(c2ccccc2)=C3N2[CH-]N(c3[c-]c(Oc4[c-]c5c(cc4)c4ccccc4n5-c4cc(C(C)(C)C)ccn4)ccc3)c3ccccc32)c1.[Pt]. The average Bonchev–Trinajstić information content (AvgIpc) is 3.84. The zero-order valence-corrected chi connectivity index (χ0v) is 38.6. The summed E-state index contributed by atoms with van der Waals surface area (Å²) in [5.74, 6) is 7.71. The first-order chi connectivity index (χ1) is 30.7. The molecule has 0 fully saturated rings. The topological polar surface area (TPSA) is 36.8 Å². The Morgan fingerprint density at radius 2 is 1.38 bits per heavy atom. The van der Waals surface area contributed by atoms with Crippen molar-refractivity contribution in [1.82, 2.24) is 14.4 Å². The predicted octanol–water partition coefficient (Wildman–Crippen LogP) is 13.5. The van der Waals surface area contributed by atoms with Crippen molar-refractivity contribution in [3.8, 4) is 17.3 Å². The molecule has 0 saturated heterocycles. The van der Waals surface area contributed by atoms with Crippen LogP contribution in [0.15, 0.2) is 182 Å². The van der Waals surface area contributed by atoms with Gasteiger partial charge in [-0.25, -0.2) is 4.98 Å². The third-order valence-corrected chi connectivity index (χ3v) is 12.1. The summed E-state index contributed by atoms with van der Waals surface area (Å²) in [6.07, 6.45) is 8.74. The number of ether oxygens (including phenoxy) is 1. The second kappa shape index (κ2) is 16.4. The molecule has 6 aromatic carbocycles. The summed E-state index contributed by atoms with van der Waals surface area (Å²) in [4.78, 5) is 11.8. The summed E-state index contributed by atoms with van der Waals surface area (Å²) >= 11 is 0. The Balaban J connectivity index is 0.00000484. The van der Waals surface area contributed by atoms with Crippen molar-refractivity contribution < 1.29 is 25.8 Å². The fourth-order valence-electron chi connectivity index (χ4n) is 9.16. The molecule has 0 bridgehead atoms. The van der Waals surface area contributed by atoms with Gasteiger partial charge >= 0.3 is 6.85 Å². The van der Waals surface area contributed by atoms with Crippen LogP contribution in [0.25, 0.3) is 38.8 Å². The Morgan fingerprint density at radius 3 is 2.17 bits per heavy atom. The maximum atomic E-state index is 6.66. The van der Waals surface area contributed by atoms with E-state index in [9.17, 15) is 0 Å². The number of aromatic nitrogens is 2. The zero-order valence-electron chi connectivity index (χ0n) is 36.4. The molecule has 11 rings (SSSR count). The summed E-state index contributed by atoms with van der Waals surface area (Å²) in [5, 5.41) is 2.23. The molecular formula is C56H45BN5OPt-3. The largest absolute Gasteiger partial charge is 0.509 e. The summed E-state index contributed by atoms with van der Waals surface area (Å²) < 4.78 is 8.85. The van der Waals surface area contributed by atoms with Gasteiger partial charge in [-0.2, -0.15) is 12.1 Å². The van der Waals surface area contributed by atoms with Gasteiger partial charge < -0.3 is 23.9 Å². The number of hydrogen-bond acceptors (Lipinski definition) is 5. The molecular weight excluding hydrogens is 965 g/mol. The number of hydrogen-bond donors (Lipinski definition) is 0. The molecule has 64 heavy (non-hydrogen) atoms. The monoisotopic (exact) mass is 1010 g/mol. The van der Waals surface area contributed by atoms with Gasteiger partial charge in [0, 0.05) is 67.4 Å². The van der Waals surface area contributed by atoms with E-state index in [4.69, 9.17) is 9.72 Å². The van der Waals surface area contributed by atoms with E-state index < -0.39 is 0 Å². The number of rotatable bonds is 7. The van der Waals surface area contributed by atoms with Gasteiger partial charge in [0.05, 0.1) is 5.82 Å². The van der Waals surface area contributed by atoms with Crippen molar-refractivity contribution in [3.05, 3.63) is 228 Å². The van der Waals surface area contributed by atoms with Gasteiger partial charge in [-0.1, -0.05) is 140 Å². The first-order valence-electron chi connectivity index (χ1n) is 21.6. The van der Waals surface area contributed by atoms with Crippen LogP contribution in [0.2, 0.25) is 0 Å². The number of para-hydroxylation sites is 3. The van der Waals surface area contributed by atoms with Gasteiger partial charge in [0.1, 0.15) is 5.82 Å². The van der Waals surface area contributed by atoms with E-state index in [1.807, 2.05) is 24.4 Å². The Bertz CT molecular complexity index is 3210. The van der Waals surface area contributed by atoms with E-state index in [1.54, 1.807) is 0 Å². The minimum Gasteiger partial charge on any atom is -0.509 e. The van der Waals surface area contributed by atoms with E-state index in [1.165, 1.54) is 27.8 Å². The van der Waals surface area contributed by atoms with Gasteiger partial charge in [-0.3, -0.25) is 0 Å². The number of aryl methyl sites for hydroxylation is 2. The molecule has 8 heteroatoms. The van der Waals surface area contributed by atoms with Crippen molar-refractivity contribution in [1.29, 1.82) is 0 Å². The third-order valence-electron chi connectivity index (χ3n) is 12.1. The Hall–Kier alpha value is -6.82. The Morgan fingerprint density at radius 1 is 0.656 bits per heavy atom. The smallest absolute Gasteiger partial charge is 0.314 e. The normalized spacial score (nSPS) is 14.5. The molecule has 2 aromatic heterocycles. The quantitative estimate of drug-likeness (QED) is 0.117. The summed E-state index contributed by atoms with van der Waals surface area (Å²) in [7, 11) is 0. The number of benzene rings is 6. The Labute approximate surface area is 390 Å².